The molecule has 0 aliphatic carbocycles. The zero-order valence-corrected chi connectivity index (χ0v) is 10.1. The van der Waals surface area contributed by atoms with Crippen LogP contribution in [0.2, 0.25) is 0 Å². The summed E-state index contributed by atoms with van der Waals surface area (Å²) in [4.78, 5) is 16.0. The highest BCUT2D eigenvalue weighted by Gasteiger charge is 2.30. The van der Waals surface area contributed by atoms with Gasteiger partial charge in [0.2, 0.25) is 5.96 Å². The minimum absolute atomic E-state index is 0.120. The van der Waals surface area contributed by atoms with Gasteiger partial charge in [-0.2, -0.15) is 0 Å². The van der Waals surface area contributed by atoms with E-state index in [0.29, 0.717) is 5.92 Å². The van der Waals surface area contributed by atoms with Crippen LogP contribution < -0.4 is 5.32 Å². The number of fused-ring (bicyclic) bond motifs is 1. The molecule has 0 bridgehead atoms. The fourth-order valence-electron chi connectivity index (χ4n) is 1.99. The first-order valence-corrected chi connectivity index (χ1v) is 6.04. The summed E-state index contributed by atoms with van der Waals surface area (Å²) in [5.41, 5.74) is 0. The fourth-order valence-corrected chi connectivity index (χ4v) is 1.99. The van der Waals surface area contributed by atoms with Crippen molar-refractivity contribution in [2.24, 2.45) is 10.9 Å². The number of nitrogens with one attached hydrogen (secondary N) is 1. The standard InChI is InChI=1S/C11H20N4O/c1-9(2)7-12-11-13-8-10(16)14-5-3-4-6-15(11)14/h9H,3-8H2,1-2H3,(H,12,13). The van der Waals surface area contributed by atoms with Crippen molar-refractivity contribution in [1.29, 1.82) is 0 Å². The Balaban J connectivity index is 2.03. The van der Waals surface area contributed by atoms with Crippen molar-refractivity contribution < 1.29 is 4.79 Å². The minimum atomic E-state index is 0.120. The van der Waals surface area contributed by atoms with Crippen molar-refractivity contribution in [3.05, 3.63) is 0 Å². The van der Waals surface area contributed by atoms with Crippen LogP contribution in [0, 0.1) is 5.92 Å². The third-order valence-electron chi connectivity index (χ3n) is 2.85. The number of hydrogen-bond donors (Lipinski definition) is 1. The third kappa shape index (κ3) is 2.28. The summed E-state index contributed by atoms with van der Waals surface area (Å²) in [6.07, 6.45) is 2.23. The number of guanidine groups is 1. The van der Waals surface area contributed by atoms with Gasteiger partial charge >= 0.3 is 0 Å². The number of hydrazine groups is 1. The molecule has 0 aromatic rings. The lowest BCUT2D eigenvalue weighted by molar-refractivity contribution is -0.145. The SMILES string of the molecule is CC(C)CNC1=NCC(=O)N2CCCCN12. The summed E-state index contributed by atoms with van der Waals surface area (Å²) in [6.45, 7) is 7.25. The predicted molar refractivity (Wildman–Crippen MR) is 62.8 cm³/mol. The molecular weight excluding hydrogens is 204 g/mol. The molecule has 0 spiro atoms. The molecule has 1 amide bonds. The van der Waals surface area contributed by atoms with Crippen LogP contribution in [-0.4, -0.2) is 48.1 Å². The molecule has 2 aliphatic heterocycles. The van der Waals surface area contributed by atoms with Crippen LogP contribution in [0.3, 0.4) is 0 Å². The smallest absolute Gasteiger partial charge is 0.262 e. The highest BCUT2D eigenvalue weighted by Crippen LogP contribution is 2.14. The summed E-state index contributed by atoms with van der Waals surface area (Å²) < 4.78 is 0. The lowest BCUT2D eigenvalue weighted by atomic mass is 10.2. The van der Waals surface area contributed by atoms with Gasteiger partial charge in [-0.25, -0.2) is 10.0 Å². The molecule has 0 radical (unpaired) electrons. The van der Waals surface area contributed by atoms with Gasteiger partial charge in [0.05, 0.1) is 0 Å². The van der Waals surface area contributed by atoms with E-state index in [-0.39, 0.29) is 12.5 Å². The predicted octanol–water partition coefficient (Wildman–Crippen LogP) is 0.441. The van der Waals surface area contributed by atoms with Gasteiger partial charge in [-0.05, 0) is 18.8 Å². The van der Waals surface area contributed by atoms with Crippen LogP contribution in [0.25, 0.3) is 0 Å². The van der Waals surface area contributed by atoms with Gasteiger partial charge in [-0.1, -0.05) is 13.8 Å². The van der Waals surface area contributed by atoms with E-state index in [1.165, 1.54) is 0 Å². The van der Waals surface area contributed by atoms with Gasteiger partial charge in [0.15, 0.2) is 0 Å². The molecule has 5 heteroatoms. The molecule has 2 rings (SSSR count). The molecule has 16 heavy (non-hydrogen) atoms. The Hall–Kier alpha value is -1.26. The molecule has 1 N–H and O–H groups in total. The van der Waals surface area contributed by atoms with Crippen molar-refractivity contribution in [2.45, 2.75) is 26.7 Å². The quantitative estimate of drug-likeness (QED) is 0.740. The van der Waals surface area contributed by atoms with Gasteiger partial charge in [0, 0.05) is 19.6 Å². The molecule has 0 atom stereocenters. The minimum Gasteiger partial charge on any atom is -0.355 e. The first-order chi connectivity index (χ1) is 7.68. The second-order valence-corrected chi connectivity index (χ2v) is 4.76. The largest absolute Gasteiger partial charge is 0.355 e. The number of carbonyl (C=O) groups is 1. The summed E-state index contributed by atoms with van der Waals surface area (Å²) >= 11 is 0. The molecule has 5 nitrogen and oxygen atoms in total. The highest BCUT2D eigenvalue weighted by molar-refractivity contribution is 5.90. The fraction of sp³-hybridized carbons (Fsp3) is 0.818. The van der Waals surface area contributed by atoms with Crippen LogP contribution in [0.15, 0.2) is 4.99 Å². The Labute approximate surface area is 96.5 Å². The van der Waals surface area contributed by atoms with Crippen LogP contribution in [-0.2, 0) is 4.79 Å². The number of carbonyl (C=O) groups excluding carboxylic acids is 1. The van der Waals surface area contributed by atoms with E-state index < -0.39 is 0 Å². The zero-order valence-electron chi connectivity index (χ0n) is 10.1. The third-order valence-corrected chi connectivity index (χ3v) is 2.85. The molecule has 1 saturated heterocycles. The zero-order chi connectivity index (χ0) is 11.5. The molecule has 2 aliphatic rings. The van der Waals surface area contributed by atoms with E-state index in [4.69, 9.17) is 0 Å². The Morgan fingerprint density at radius 2 is 2.00 bits per heavy atom. The molecule has 90 valence electrons. The van der Waals surface area contributed by atoms with Gasteiger partial charge < -0.3 is 5.32 Å². The maximum Gasteiger partial charge on any atom is 0.262 e. The highest BCUT2D eigenvalue weighted by atomic mass is 16.2. The van der Waals surface area contributed by atoms with E-state index in [0.717, 1.165) is 38.4 Å². The second kappa shape index (κ2) is 4.72. The van der Waals surface area contributed by atoms with E-state index in [1.54, 1.807) is 0 Å². The Bertz CT molecular complexity index is 300. The second-order valence-electron chi connectivity index (χ2n) is 4.76. The molecule has 0 aromatic carbocycles. The summed E-state index contributed by atoms with van der Waals surface area (Å²) in [5, 5.41) is 7.15. The van der Waals surface area contributed by atoms with Crippen molar-refractivity contribution in [3.63, 3.8) is 0 Å². The first-order valence-electron chi connectivity index (χ1n) is 6.04. The van der Waals surface area contributed by atoms with Crippen molar-refractivity contribution >= 4 is 11.9 Å². The van der Waals surface area contributed by atoms with Gasteiger partial charge in [0.1, 0.15) is 6.54 Å². The van der Waals surface area contributed by atoms with Crippen molar-refractivity contribution in [2.75, 3.05) is 26.2 Å². The van der Waals surface area contributed by atoms with E-state index in [9.17, 15) is 4.79 Å². The monoisotopic (exact) mass is 224 g/mol. The van der Waals surface area contributed by atoms with E-state index >= 15 is 0 Å². The number of amides is 1. The van der Waals surface area contributed by atoms with Gasteiger partial charge in [-0.3, -0.25) is 9.80 Å². The number of aliphatic imine (C=N–C) groups is 1. The number of hydrogen-bond acceptors (Lipinski definition) is 4. The number of rotatable bonds is 2. The normalized spacial score (nSPS) is 20.9. The summed E-state index contributed by atoms with van der Waals surface area (Å²) in [6, 6.07) is 0. The van der Waals surface area contributed by atoms with Crippen molar-refractivity contribution in [3.8, 4) is 0 Å². The Kier molecular flexibility index (Phi) is 3.31. The topological polar surface area (TPSA) is 47.9 Å². The molecular formula is C11H20N4O. The molecule has 0 aromatic heterocycles. The van der Waals surface area contributed by atoms with Gasteiger partial charge in [0.25, 0.3) is 5.91 Å². The first kappa shape index (κ1) is 11.2. The Morgan fingerprint density at radius 1 is 1.31 bits per heavy atom. The maximum absolute atomic E-state index is 11.7. The number of nitrogens with zero attached hydrogens (tertiary/aromatic N) is 3. The van der Waals surface area contributed by atoms with Crippen LogP contribution >= 0.6 is 0 Å². The maximum atomic E-state index is 11.7. The van der Waals surface area contributed by atoms with E-state index in [2.05, 4.69) is 24.2 Å². The lowest BCUT2D eigenvalue weighted by Crippen LogP contribution is -2.60. The molecule has 0 saturated carbocycles. The average molecular weight is 224 g/mol. The van der Waals surface area contributed by atoms with Crippen molar-refractivity contribution in [1.82, 2.24) is 15.3 Å². The summed E-state index contributed by atoms with van der Waals surface area (Å²) in [5.74, 6) is 1.57. The van der Waals surface area contributed by atoms with Crippen LogP contribution in [0.5, 0.6) is 0 Å². The van der Waals surface area contributed by atoms with E-state index in [1.807, 2.05) is 10.0 Å². The van der Waals surface area contributed by atoms with Crippen LogP contribution in [0.4, 0.5) is 0 Å². The summed E-state index contributed by atoms with van der Waals surface area (Å²) in [7, 11) is 0. The lowest BCUT2D eigenvalue weighted by Gasteiger charge is -2.42. The average Bonchev–Trinajstić information content (AvgIpc) is 2.28. The van der Waals surface area contributed by atoms with Gasteiger partial charge in [-0.15, -0.1) is 0 Å². The Morgan fingerprint density at radius 3 is 2.69 bits per heavy atom. The molecule has 2 heterocycles. The molecule has 0 unspecified atom stereocenters. The van der Waals surface area contributed by atoms with Crippen LogP contribution in [0.1, 0.15) is 26.7 Å². The molecule has 1 fully saturated rings.